The summed E-state index contributed by atoms with van der Waals surface area (Å²) in [5.41, 5.74) is 2.33. The molecule has 2 aromatic heterocycles. The van der Waals surface area contributed by atoms with Crippen molar-refractivity contribution in [3.63, 3.8) is 0 Å². The average molecular weight is 529 g/mol. The predicted molar refractivity (Wildman–Crippen MR) is 121 cm³/mol. The summed E-state index contributed by atoms with van der Waals surface area (Å²) in [5.74, 6) is -0.0167. The van der Waals surface area contributed by atoms with Gasteiger partial charge in [0.05, 0.1) is 18.7 Å². The molecular weight excluding hydrogens is 512 g/mol. The first kappa shape index (κ1) is 20.0. The van der Waals surface area contributed by atoms with Gasteiger partial charge in [-0.25, -0.2) is 14.4 Å². The van der Waals surface area contributed by atoms with E-state index < -0.39 is 0 Å². The number of nitrogens with zero attached hydrogens (tertiary/aromatic N) is 5. The van der Waals surface area contributed by atoms with Crippen molar-refractivity contribution in [3.05, 3.63) is 69.9 Å². The Bertz CT molecular complexity index is 1270. The number of halogens is 2. The van der Waals surface area contributed by atoms with Gasteiger partial charge in [0.25, 0.3) is 11.9 Å². The average Bonchev–Trinajstić information content (AvgIpc) is 3.15. The van der Waals surface area contributed by atoms with E-state index in [0.29, 0.717) is 48.9 Å². The monoisotopic (exact) mass is 529 g/mol. The molecule has 1 fully saturated rings. The van der Waals surface area contributed by atoms with Gasteiger partial charge < -0.3 is 9.64 Å². The second kappa shape index (κ2) is 8.31. The van der Waals surface area contributed by atoms with Crippen molar-refractivity contribution in [1.82, 2.24) is 24.6 Å². The molecule has 1 aliphatic rings. The smallest absolute Gasteiger partial charge is 0.254 e. The molecular formula is C22H17FIN5O2. The van der Waals surface area contributed by atoms with Crippen LogP contribution in [-0.2, 0) is 4.74 Å². The number of aromatic nitrogens is 4. The summed E-state index contributed by atoms with van der Waals surface area (Å²) in [5, 5.41) is 5.46. The number of morpholine rings is 1. The molecule has 0 unspecified atom stereocenters. The van der Waals surface area contributed by atoms with Crippen molar-refractivity contribution in [2.75, 3.05) is 26.3 Å². The lowest BCUT2D eigenvalue weighted by atomic mass is 10.1. The Morgan fingerprint density at radius 1 is 1.06 bits per heavy atom. The molecule has 9 heteroatoms. The van der Waals surface area contributed by atoms with Gasteiger partial charge in [-0.2, -0.15) is 9.78 Å². The van der Waals surface area contributed by atoms with Crippen LogP contribution in [0, 0.1) is 9.52 Å². The standard InChI is InChI=1S/C22H17FIN5O2/c23-18-4-2-1-3-16(18)15-12-25-22(26-13-15)29-19-11-14(5-6-17(19)20(24)27-29)21(30)28-7-9-31-10-8-28/h1-6,11-13H,7-10H2. The molecule has 0 atom stereocenters. The van der Waals surface area contributed by atoms with Crippen LogP contribution in [0.5, 0.6) is 0 Å². The van der Waals surface area contributed by atoms with Crippen LogP contribution in [0.3, 0.4) is 0 Å². The summed E-state index contributed by atoms with van der Waals surface area (Å²) in [6.45, 7) is 2.25. The van der Waals surface area contributed by atoms with Crippen LogP contribution in [0.1, 0.15) is 10.4 Å². The summed E-state index contributed by atoms with van der Waals surface area (Å²) < 4.78 is 21.8. The van der Waals surface area contributed by atoms with Gasteiger partial charge in [0.15, 0.2) is 0 Å². The number of benzene rings is 2. The number of fused-ring (bicyclic) bond motifs is 1. The minimum Gasteiger partial charge on any atom is -0.378 e. The number of carbonyl (C=O) groups is 1. The Labute approximate surface area is 191 Å². The molecule has 31 heavy (non-hydrogen) atoms. The van der Waals surface area contributed by atoms with Crippen molar-refractivity contribution in [3.8, 4) is 17.1 Å². The molecule has 1 amide bonds. The third-order valence-electron chi connectivity index (χ3n) is 5.19. The molecule has 0 spiro atoms. The first-order chi connectivity index (χ1) is 15.1. The fraction of sp³-hybridized carbons (Fsp3) is 0.182. The van der Waals surface area contributed by atoms with Crippen molar-refractivity contribution in [2.45, 2.75) is 0 Å². The van der Waals surface area contributed by atoms with E-state index >= 15 is 0 Å². The van der Waals surface area contributed by atoms with Gasteiger partial charge in [0, 0.05) is 47.6 Å². The highest BCUT2D eigenvalue weighted by Crippen LogP contribution is 2.26. The van der Waals surface area contributed by atoms with E-state index in [-0.39, 0.29) is 11.7 Å². The Morgan fingerprint density at radius 3 is 2.55 bits per heavy atom. The highest BCUT2D eigenvalue weighted by atomic mass is 127. The van der Waals surface area contributed by atoms with E-state index in [0.717, 1.165) is 14.6 Å². The number of carbonyl (C=O) groups excluding carboxylic acids is 1. The third kappa shape index (κ3) is 3.79. The molecule has 2 aromatic carbocycles. The predicted octanol–water partition coefficient (Wildman–Crippen LogP) is 3.70. The minimum atomic E-state index is -0.329. The van der Waals surface area contributed by atoms with Gasteiger partial charge in [-0.15, -0.1) is 0 Å². The number of hydrogen-bond donors (Lipinski definition) is 0. The SMILES string of the molecule is O=C(c1ccc2c(I)nn(-c3ncc(-c4ccccc4F)cn3)c2c1)N1CCOCC1. The lowest BCUT2D eigenvalue weighted by molar-refractivity contribution is 0.0303. The Hall–Kier alpha value is -2.92. The van der Waals surface area contributed by atoms with E-state index in [9.17, 15) is 9.18 Å². The zero-order chi connectivity index (χ0) is 21.4. The molecule has 4 aromatic rings. The summed E-state index contributed by atoms with van der Waals surface area (Å²) in [4.78, 5) is 23.5. The van der Waals surface area contributed by atoms with E-state index in [1.54, 1.807) is 40.2 Å². The Kier molecular flexibility index (Phi) is 5.36. The van der Waals surface area contributed by atoms with Crippen LogP contribution >= 0.6 is 22.6 Å². The van der Waals surface area contributed by atoms with Crippen molar-refractivity contribution in [1.29, 1.82) is 0 Å². The second-order valence-corrected chi connectivity index (χ2v) is 8.11. The number of rotatable bonds is 3. The zero-order valence-electron chi connectivity index (χ0n) is 16.3. The van der Waals surface area contributed by atoms with E-state index in [2.05, 4.69) is 37.7 Å². The van der Waals surface area contributed by atoms with Crippen molar-refractivity contribution >= 4 is 39.4 Å². The molecule has 7 nitrogen and oxygen atoms in total. The fourth-order valence-corrected chi connectivity index (χ4v) is 4.25. The maximum Gasteiger partial charge on any atom is 0.254 e. The van der Waals surface area contributed by atoms with E-state index in [4.69, 9.17) is 4.74 Å². The highest BCUT2D eigenvalue weighted by Gasteiger charge is 2.21. The minimum absolute atomic E-state index is 0.0382. The maximum atomic E-state index is 14.1. The molecule has 0 saturated carbocycles. The molecule has 0 N–H and O–H groups in total. The topological polar surface area (TPSA) is 73.1 Å². The second-order valence-electron chi connectivity index (χ2n) is 7.09. The maximum absolute atomic E-state index is 14.1. The summed E-state index contributed by atoms with van der Waals surface area (Å²) in [7, 11) is 0. The number of ether oxygens (including phenoxy) is 1. The number of amides is 1. The first-order valence-electron chi connectivity index (χ1n) is 9.74. The van der Waals surface area contributed by atoms with Crippen LogP contribution in [-0.4, -0.2) is 56.9 Å². The quantitative estimate of drug-likeness (QED) is 0.379. The van der Waals surface area contributed by atoms with E-state index in [1.807, 2.05) is 18.2 Å². The van der Waals surface area contributed by atoms with Crippen LogP contribution in [0.25, 0.3) is 28.0 Å². The first-order valence-corrected chi connectivity index (χ1v) is 10.8. The van der Waals surface area contributed by atoms with Gasteiger partial charge in [-0.05, 0) is 46.9 Å². The van der Waals surface area contributed by atoms with Gasteiger partial charge in [-0.1, -0.05) is 18.2 Å². The largest absolute Gasteiger partial charge is 0.378 e. The van der Waals surface area contributed by atoms with Gasteiger partial charge in [0.1, 0.15) is 9.52 Å². The van der Waals surface area contributed by atoms with Crippen molar-refractivity contribution < 1.29 is 13.9 Å². The van der Waals surface area contributed by atoms with Gasteiger partial charge in [0.2, 0.25) is 0 Å². The van der Waals surface area contributed by atoms with Crippen LogP contribution in [0.15, 0.2) is 54.9 Å². The zero-order valence-corrected chi connectivity index (χ0v) is 18.5. The molecule has 3 heterocycles. The van der Waals surface area contributed by atoms with Gasteiger partial charge >= 0.3 is 0 Å². The summed E-state index contributed by atoms with van der Waals surface area (Å²) in [6, 6.07) is 12.0. The molecule has 5 rings (SSSR count). The Balaban J connectivity index is 1.52. The molecule has 1 saturated heterocycles. The third-order valence-corrected chi connectivity index (χ3v) is 5.99. The van der Waals surface area contributed by atoms with Crippen LogP contribution in [0.2, 0.25) is 0 Å². The molecule has 0 bridgehead atoms. The Morgan fingerprint density at radius 2 is 1.81 bits per heavy atom. The number of hydrogen-bond acceptors (Lipinski definition) is 5. The van der Waals surface area contributed by atoms with Crippen LogP contribution in [0.4, 0.5) is 4.39 Å². The molecule has 0 radical (unpaired) electrons. The van der Waals surface area contributed by atoms with Crippen LogP contribution < -0.4 is 0 Å². The van der Waals surface area contributed by atoms with Gasteiger partial charge in [-0.3, -0.25) is 4.79 Å². The lowest BCUT2D eigenvalue weighted by Crippen LogP contribution is -2.40. The molecule has 0 aliphatic carbocycles. The normalized spacial score (nSPS) is 14.2. The highest BCUT2D eigenvalue weighted by molar-refractivity contribution is 14.1. The fourth-order valence-electron chi connectivity index (χ4n) is 3.58. The van der Waals surface area contributed by atoms with E-state index in [1.165, 1.54) is 6.07 Å². The molecule has 156 valence electrons. The summed E-state index contributed by atoms with van der Waals surface area (Å²) in [6.07, 6.45) is 3.15. The summed E-state index contributed by atoms with van der Waals surface area (Å²) >= 11 is 2.15. The lowest BCUT2D eigenvalue weighted by Gasteiger charge is -2.26. The van der Waals surface area contributed by atoms with Crippen molar-refractivity contribution in [2.24, 2.45) is 0 Å². The molecule has 1 aliphatic heterocycles.